The molecule has 0 N–H and O–H groups in total. The summed E-state index contributed by atoms with van der Waals surface area (Å²) in [4.78, 5) is 1.81. The van der Waals surface area contributed by atoms with Crippen molar-refractivity contribution in [1.29, 1.82) is 0 Å². The maximum Gasteiger partial charge on any atom is 0.291 e. The minimum Gasteiger partial charge on any atom is -0.363 e. The molecule has 1 aromatic rings. The average Bonchev–Trinajstić information content (AvgIpc) is 3.07. The molecule has 2 aliphatic rings. The van der Waals surface area contributed by atoms with Crippen molar-refractivity contribution in [3.8, 4) is 0 Å². The van der Waals surface area contributed by atoms with Gasteiger partial charge in [0, 0.05) is 13.1 Å². The van der Waals surface area contributed by atoms with Crippen LogP contribution in [0.15, 0.2) is 30.3 Å². The number of rotatable bonds is 2. The van der Waals surface area contributed by atoms with Crippen LogP contribution in [0.1, 0.15) is 12.0 Å². The number of hydrogen-bond donors (Lipinski definition) is 0. The second kappa shape index (κ2) is 3.75. The van der Waals surface area contributed by atoms with Crippen molar-refractivity contribution >= 4 is 0 Å². The monoisotopic (exact) mass is 239 g/mol. The molecule has 1 aromatic carbocycles. The molecule has 2 heterocycles. The molecule has 2 nitrogen and oxygen atoms in total. The fourth-order valence-corrected chi connectivity index (χ4v) is 2.44. The highest BCUT2D eigenvalue weighted by atomic mass is 19.3. The van der Waals surface area contributed by atoms with Crippen LogP contribution in [0.3, 0.4) is 0 Å². The van der Waals surface area contributed by atoms with Gasteiger partial charge in [-0.15, -0.1) is 0 Å². The molecule has 0 aromatic heterocycles. The van der Waals surface area contributed by atoms with Crippen LogP contribution in [0, 0.1) is 0 Å². The number of epoxide rings is 1. The van der Waals surface area contributed by atoms with Crippen molar-refractivity contribution in [1.82, 2.24) is 4.90 Å². The molecule has 92 valence electrons. The molecular formula is C13H15F2NO. The molecule has 4 heteroatoms. The Kier molecular flexibility index (Phi) is 2.45. The minimum atomic E-state index is -2.71. The summed E-state index contributed by atoms with van der Waals surface area (Å²) >= 11 is 0. The van der Waals surface area contributed by atoms with Gasteiger partial charge in [-0.2, -0.15) is 0 Å². The maximum atomic E-state index is 13.8. The average molecular weight is 239 g/mol. The number of alkyl halides is 2. The molecule has 0 amide bonds. The number of likely N-dealkylation sites (tertiary alicyclic amines) is 1. The van der Waals surface area contributed by atoms with E-state index in [1.807, 2.05) is 35.2 Å². The van der Waals surface area contributed by atoms with Gasteiger partial charge in [0.05, 0.1) is 13.2 Å². The first-order valence-corrected chi connectivity index (χ1v) is 5.89. The summed E-state index contributed by atoms with van der Waals surface area (Å²) in [5, 5.41) is 0. The molecule has 1 atom stereocenters. The molecule has 17 heavy (non-hydrogen) atoms. The van der Waals surface area contributed by atoms with E-state index in [1.54, 1.807) is 0 Å². The van der Waals surface area contributed by atoms with Crippen LogP contribution < -0.4 is 0 Å². The Morgan fingerprint density at radius 3 is 2.53 bits per heavy atom. The molecule has 1 unspecified atom stereocenters. The van der Waals surface area contributed by atoms with Gasteiger partial charge in [-0.05, 0) is 12.0 Å². The van der Waals surface area contributed by atoms with Crippen molar-refractivity contribution < 1.29 is 13.5 Å². The summed E-state index contributed by atoms with van der Waals surface area (Å²) in [5.41, 5.74) is -0.0452. The minimum absolute atomic E-state index is 0.193. The fourth-order valence-electron chi connectivity index (χ4n) is 2.44. The van der Waals surface area contributed by atoms with Gasteiger partial charge in [-0.25, -0.2) is 8.78 Å². The van der Waals surface area contributed by atoms with Crippen LogP contribution in [-0.2, 0) is 11.3 Å². The van der Waals surface area contributed by atoms with E-state index in [0.29, 0.717) is 19.5 Å². The zero-order valence-electron chi connectivity index (χ0n) is 9.53. The lowest BCUT2D eigenvalue weighted by atomic mass is 9.93. The molecule has 0 bridgehead atoms. The van der Waals surface area contributed by atoms with Crippen molar-refractivity contribution in [3.63, 3.8) is 0 Å². The van der Waals surface area contributed by atoms with Gasteiger partial charge in [0.25, 0.3) is 5.92 Å². The zero-order valence-corrected chi connectivity index (χ0v) is 9.53. The van der Waals surface area contributed by atoms with E-state index in [2.05, 4.69) is 0 Å². The Bertz CT molecular complexity index is 403. The quantitative estimate of drug-likeness (QED) is 0.736. The Morgan fingerprint density at radius 2 is 1.94 bits per heavy atom. The van der Waals surface area contributed by atoms with Gasteiger partial charge < -0.3 is 4.74 Å². The van der Waals surface area contributed by atoms with Crippen LogP contribution in [0.4, 0.5) is 8.78 Å². The molecule has 3 rings (SSSR count). The van der Waals surface area contributed by atoms with E-state index < -0.39 is 11.5 Å². The number of nitrogens with zero attached hydrogens (tertiary/aromatic N) is 1. The van der Waals surface area contributed by atoms with E-state index in [4.69, 9.17) is 4.74 Å². The normalized spacial score (nSPS) is 31.6. The topological polar surface area (TPSA) is 15.8 Å². The van der Waals surface area contributed by atoms with Crippen LogP contribution in [0.25, 0.3) is 0 Å². The zero-order chi connectivity index (χ0) is 11.9. The van der Waals surface area contributed by atoms with Crippen LogP contribution in [-0.4, -0.2) is 36.1 Å². The van der Waals surface area contributed by atoms with E-state index in [9.17, 15) is 8.78 Å². The Morgan fingerprint density at radius 1 is 1.24 bits per heavy atom. The summed E-state index contributed by atoms with van der Waals surface area (Å²) in [5.74, 6) is -2.71. The van der Waals surface area contributed by atoms with E-state index in [-0.39, 0.29) is 13.2 Å². The number of halogens is 2. The van der Waals surface area contributed by atoms with Gasteiger partial charge in [-0.1, -0.05) is 30.3 Å². The Labute approximate surface area is 99.2 Å². The molecule has 2 fully saturated rings. The smallest absolute Gasteiger partial charge is 0.291 e. The summed E-state index contributed by atoms with van der Waals surface area (Å²) in [7, 11) is 0. The highest BCUT2D eigenvalue weighted by Crippen LogP contribution is 2.48. The van der Waals surface area contributed by atoms with Crippen molar-refractivity contribution in [2.75, 3.05) is 19.7 Å². The summed E-state index contributed by atoms with van der Waals surface area (Å²) < 4.78 is 32.6. The van der Waals surface area contributed by atoms with E-state index in [0.717, 1.165) is 5.56 Å². The van der Waals surface area contributed by atoms with Crippen LogP contribution in [0.2, 0.25) is 0 Å². The largest absolute Gasteiger partial charge is 0.363 e. The Balaban J connectivity index is 1.67. The van der Waals surface area contributed by atoms with Crippen LogP contribution in [0.5, 0.6) is 0 Å². The van der Waals surface area contributed by atoms with Gasteiger partial charge >= 0.3 is 0 Å². The second-order valence-corrected chi connectivity index (χ2v) is 4.93. The van der Waals surface area contributed by atoms with Gasteiger partial charge in [-0.3, -0.25) is 4.90 Å². The second-order valence-electron chi connectivity index (χ2n) is 4.93. The number of benzene rings is 1. The SMILES string of the molecule is FC1(F)CN(Cc2ccccc2)CCC12CO2. The number of ether oxygens (including phenoxy) is 1. The van der Waals surface area contributed by atoms with Crippen molar-refractivity contribution in [2.45, 2.75) is 24.5 Å². The van der Waals surface area contributed by atoms with Crippen LogP contribution >= 0.6 is 0 Å². The molecule has 1 spiro atoms. The number of hydrogen-bond acceptors (Lipinski definition) is 2. The van der Waals surface area contributed by atoms with Gasteiger partial charge in [0.1, 0.15) is 0 Å². The van der Waals surface area contributed by atoms with Crippen molar-refractivity contribution in [2.24, 2.45) is 0 Å². The number of piperidine rings is 1. The fraction of sp³-hybridized carbons (Fsp3) is 0.538. The predicted molar refractivity (Wildman–Crippen MR) is 60.0 cm³/mol. The summed E-state index contributed by atoms with van der Waals surface area (Å²) in [6.07, 6.45) is 0.437. The predicted octanol–water partition coefficient (Wildman–Crippen LogP) is 2.30. The third kappa shape index (κ3) is 1.96. The highest BCUT2D eigenvalue weighted by molar-refractivity contribution is 5.16. The third-order valence-electron chi connectivity index (χ3n) is 3.66. The van der Waals surface area contributed by atoms with Gasteiger partial charge in [0.15, 0.2) is 5.60 Å². The lowest BCUT2D eigenvalue weighted by Gasteiger charge is -2.36. The first-order valence-electron chi connectivity index (χ1n) is 5.89. The lowest BCUT2D eigenvalue weighted by molar-refractivity contribution is -0.125. The van der Waals surface area contributed by atoms with E-state index in [1.165, 1.54) is 0 Å². The van der Waals surface area contributed by atoms with Gasteiger partial charge in [0.2, 0.25) is 0 Å². The standard InChI is InChI=1S/C13H15F2NO/c14-13(15)9-16(7-6-12(13)10-17-12)8-11-4-2-1-3-5-11/h1-5H,6-10H2. The Hall–Kier alpha value is -1.00. The molecule has 0 saturated carbocycles. The molecule has 2 saturated heterocycles. The summed E-state index contributed by atoms with van der Waals surface area (Å²) in [6, 6.07) is 9.74. The van der Waals surface area contributed by atoms with Crippen molar-refractivity contribution in [3.05, 3.63) is 35.9 Å². The third-order valence-corrected chi connectivity index (χ3v) is 3.66. The summed E-state index contributed by atoms with van der Waals surface area (Å²) in [6.45, 7) is 1.30. The first kappa shape index (κ1) is 11.1. The molecule has 0 aliphatic carbocycles. The molecular weight excluding hydrogens is 224 g/mol. The lowest BCUT2D eigenvalue weighted by Crippen LogP contribution is -2.53. The maximum absolute atomic E-state index is 13.8. The molecule has 2 aliphatic heterocycles. The molecule has 0 radical (unpaired) electrons. The first-order chi connectivity index (χ1) is 8.11. The van der Waals surface area contributed by atoms with E-state index >= 15 is 0 Å². The highest BCUT2D eigenvalue weighted by Gasteiger charge is 2.66.